The summed E-state index contributed by atoms with van der Waals surface area (Å²) in [5, 5.41) is 7.85. The molecule has 0 atom stereocenters. The van der Waals surface area contributed by atoms with Gasteiger partial charge in [-0.1, -0.05) is 24.3 Å². The Labute approximate surface area is 142 Å². The molecule has 0 unspecified atom stereocenters. The molecule has 0 spiro atoms. The van der Waals surface area contributed by atoms with Gasteiger partial charge in [0, 0.05) is 17.5 Å². The van der Waals surface area contributed by atoms with Gasteiger partial charge >= 0.3 is 0 Å². The smallest absolute Gasteiger partial charge is 0.226 e. The maximum absolute atomic E-state index is 12.1. The Morgan fingerprint density at radius 3 is 2.87 bits per heavy atom. The molecule has 6 heteroatoms. The van der Waals surface area contributed by atoms with E-state index in [0.29, 0.717) is 6.54 Å². The number of nitrogens with one attached hydrogen (secondary N) is 1. The average molecular weight is 344 g/mol. The van der Waals surface area contributed by atoms with Crippen LogP contribution in [0.1, 0.15) is 11.3 Å². The molecule has 1 amide bonds. The molecule has 1 N–H and O–H groups in total. The number of thiazole rings is 1. The fourth-order valence-electron chi connectivity index (χ4n) is 2.17. The summed E-state index contributed by atoms with van der Waals surface area (Å²) in [5.41, 5.74) is 1.76. The van der Waals surface area contributed by atoms with E-state index in [9.17, 15) is 4.79 Å². The molecule has 4 nitrogen and oxygen atoms in total. The molecule has 3 aromatic rings. The number of amides is 1. The molecule has 2 aromatic heterocycles. The second kappa shape index (κ2) is 7.39. The van der Waals surface area contributed by atoms with Crippen LogP contribution < -0.4 is 10.1 Å². The zero-order valence-corrected chi connectivity index (χ0v) is 14.2. The molecule has 2 heterocycles. The number of aromatic nitrogens is 1. The van der Waals surface area contributed by atoms with Crippen LogP contribution in [0.25, 0.3) is 9.88 Å². The highest BCUT2D eigenvalue weighted by molar-refractivity contribution is 7.20. The predicted molar refractivity (Wildman–Crippen MR) is 94.0 cm³/mol. The highest BCUT2D eigenvalue weighted by atomic mass is 32.1. The largest absolute Gasteiger partial charge is 0.496 e. The van der Waals surface area contributed by atoms with Gasteiger partial charge in [0.05, 0.1) is 24.1 Å². The SMILES string of the molecule is COc1ccccc1CNC(=O)Cc1csc(-c2cccs2)n1. The second-order valence-electron chi connectivity index (χ2n) is 4.89. The van der Waals surface area contributed by atoms with Crippen molar-refractivity contribution in [2.24, 2.45) is 0 Å². The number of ether oxygens (including phenoxy) is 1. The first-order valence-corrected chi connectivity index (χ1v) is 8.89. The summed E-state index contributed by atoms with van der Waals surface area (Å²) in [4.78, 5) is 17.8. The van der Waals surface area contributed by atoms with E-state index in [-0.39, 0.29) is 12.3 Å². The minimum absolute atomic E-state index is 0.0427. The van der Waals surface area contributed by atoms with Gasteiger partial charge in [0.2, 0.25) is 5.91 Å². The highest BCUT2D eigenvalue weighted by Crippen LogP contribution is 2.27. The van der Waals surface area contributed by atoms with Crippen LogP contribution in [0, 0.1) is 0 Å². The van der Waals surface area contributed by atoms with Gasteiger partial charge in [-0.3, -0.25) is 4.79 Å². The molecule has 0 aliphatic rings. The number of thiophene rings is 1. The van der Waals surface area contributed by atoms with Crippen molar-refractivity contribution in [1.82, 2.24) is 10.3 Å². The summed E-state index contributed by atoms with van der Waals surface area (Å²) >= 11 is 3.22. The first-order valence-electron chi connectivity index (χ1n) is 7.13. The van der Waals surface area contributed by atoms with Crippen LogP contribution in [0.4, 0.5) is 0 Å². The molecule has 0 saturated heterocycles. The molecule has 0 fully saturated rings. The number of methoxy groups -OCH3 is 1. The first kappa shape index (κ1) is 15.7. The number of nitrogens with zero attached hydrogens (tertiary/aromatic N) is 1. The fourth-order valence-corrected chi connectivity index (χ4v) is 3.81. The Kier molecular flexibility index (Phi) is 5.05. The third-order valence-corrected chi connectivity index (χ3v) is 5.22. The van der Waals surface area contributed by atoms with E-state index >= 15 is 0 Å². The van der Waals surface area contributed by atoms with E-state index in [1.807, 2.05) is 47.2 Å². The standard InChI is InChI=1S/C17H16N2O2S2/c1-21-14-6-3-2-5-12(14)10-18-16(20)9-13-11-23-17(19-13)15-7-4-8-22-15/h2-8,11H,9-10H2,1H3,(H,18,20). The predicted octanol–water partition coefficient (Wildman–Crippen LogP) is 3.74. The summed E-state index contributed by atoms with van der Waals surface area (Å²) in [6.07, 6.45) is 0.289. The lowest BCUT2D eigenvalue weighted by Gasteiger charge is -2.09. The zero-order valence-electron chi connectivity index (χ0n) is 12.6. The zero-order chi connectivity index (χ0) is 16.1. The van der Waals surface area contributed by atoms with Crippen molar-refractivity contribution in [2.45, 2.75) is 13.0 Å². The van der Waals surface area contributed by atoms with Crippen LogP contribution in [0.3, 0.4) is 0 Å². The third kappa shape index (κ3) is 3.97. The van der Waals surface area contributed by atoms with Crippen LogP contribution in [-0.4, -0.2) is 18.0 Å². The lowest BCUT2D eigenvalue weighted by molar-refractivity contribution is -0.120. The van der Waals surface area contributed by atoms with Crippen molar-refractivity contribution in [1.29, 1.82) is 0 Å². The summed E-state index contributed by atoms with van der Waals surface area (Å²) in [6, 6.07) is 11.7. The molecule has 0 aliphatic heterocycles. The van der Waals surface area contributed by atoms with E-state index in [2.05, 4.69) is 10.3 Å². The summed E-state index contributed by atoms with van der Waals surface area (Å²) < 4.78 is 5.28. The molecule has 118 valence electrons. The van der Waals surface area contributed by atoms with E-state index in [1.54, 1.807) is 29.8 Å². The molecule has 0 aliphatic carbocycles. The maximum atomic E-state index is 12.1. The minimum atomic E-state index is -0.0427. The highest BCUT2D eigenvalue weighted by Gasteiger charge is 2.10. The summed E-state index contributed by atoms with van der Waals surface area (Å²) in [5.74, 6) is 0.736. The van der Waals surface area contributed by atoms with Crippen molar-refractivity contribution in [3.05, 3.63) is 58.4 Å². The monoisotopic (exact) mass is 344 g/mol. The normalized spacial score (nSPS) is 10.5. The Balaban J connectivity index is 1.57. The van der Waals surface area contributed by atoms with E-state index in [1.165, 1.54) is 0 Å². The van der Waals surface area contributed by atoms with E-state index < -0.39 is 0 Å². The number of benzene rings is 1. The van der Waals surface area contributed by atoms with Gasteiger partial charge in [-0.05, 0) is 17.5 Å². The van der Waals surface area contributed by atoms with Gasteiger partial charge in [-0.2, -0.15) is 0 Å². The summed E-state index contributed by atoms with van der Waals surface area (Å²) in [7, 11) is 1.63. The molecule has 3 rings (SSSR count). The number of carbonyl (C=O) groups excluding carboxylic acids is 1. The number of hydrogen-bond donors (Lipinski definition) is 1. The van der Waals surface area contributed by atoms with Crippen molar-refractivity contribution in [2.75, 3.05) is 7.11 Å². The average Bonchev–Trinajstić information content (AvgIpc) is 3.24. The van der Waals surface area contributed by atoms with Gasteiger partial charge in [-0.25, -0.2) is 4.98 Å². The Morgan fingerprint density at radius 2 is 2.09 bits per heavy atom. The lowest BCUT2D eigenvalue weighted by atomic mass is 10.2. The topological polar surface area (TPSA) is 51.2 Å². The number of carbonyl (C=O) groups is 1. The Hall–Kier alpha value is -2.18. The molecular weight excluding hydrogens is 328 g/mol. The van der Waals surface area contributed by atoms with Crippen molar-refractivity contribution >= 4 is 28.6 Å². The third-order valence-electron chi connectivity index (χ3n) is 3.29. The molecular formula is C17H16N2O2S2. The Bertz CT molecular complexity index is 782. The maximum Gasteiger partial charge on any atom is 0.226 e. The van der Waals surface area contributed by atoms with Crippen LogP contribution >= 0.6 is 22.7 Å². The number of para-hydroxylation sites is 1. The van der Waals surface area contributed by atoms with Gasteiger partial charge in [0.25, 0.3) is 0 Å². The van der Waals surface area contributed by atoms with E-state index in [4.69, 9.17) is 4.74 Å². The van der Waals surface area contributed by atoms with Crippen molar-refractivity contribution in [3.8, 4) is 15.6 Å². The summed E-state index contributed by atoms with van der Waals surface area (Å²) in [6.45, 7) is 0.449. The van der Waals surface area contributed by atoms with Gasteiger partial charge in [0.15, 0.2) is 0 Å². The number of hydrogen-bond acceptors (Lipinski definition) is 5. The molecule has 0 radical (unpaired) electrons. The van der Waals surface area contributed by atoms with Gasteiger partial charge < -0.3 is 10.1 Å². The molecule has 0 saturated carbocycles. The molecule has 1 aromatic carbocycles. The van der Waals surface area contributed by atoms with Crippen LogP contribution in [0.15, 0.2) is 47.2 Å². The minimum Gasteiger partial charge on any atom is -0.496 e. The van der Waals surface area contributed by atoms with Crippen molar-refractivity contribution < 1.29 is 9.53 Å². The quantitative estimate of drug-likeness (QED) is 0.741. The molecule has 0 bridgehead atoms. The van der Waals surface area contributed by atoms with Crippen LogP contribution in [0.5, 0.6) is 5.75 Å². The first-order chi connectivity index (χ1) is 11.3. The second-order valence-corrected chi connectivity index (χ2v) is 6.69. The van der Waals surface area contributed by atoms with Gasteiger partial charge in [-0.15, -0.1) is 22.7 Å². The van der Waals surface area contributed by atoms with Crippen LogP contribution in [-0.2, 0) is 17.8 Å². The number of rotatable bonds is 6. The van der Waals surface area contributed by atoms with E-state index in [0.717, 1.165) is 26.9 Å². The fraction of sp³-hybridized carbons (Fsp3) is 0.176. The van der Waals surface area contributed by atoms with Crippen LogP contribution in [0.2, 0.25) is 0 Å². The van der Waals surface area contributed by atoms with Crippen molar-refractivity contribution in [3.63, 3.8) is 0 Å². The Morgan fingerprint density at radius 1 is 1.22 bits per heavy atom. The molecule has 23 heavy (non-hydrogen) atoms. The lowest BCUT2D eigenvalue weighted by Crippen LogP contribution is -2.24. The van der Waals surface area contributed by atoms with Gasteiger partial charge in [0.1, 0.15) is 10.8 Å².